The minimum Gasteiger partial charge on any atom is -0.458 e. The highest BCUT2D eigenvalue weighted by Gasteiger charge is 2.69. The van der Waals surface area contributed by atoms with E-state index in [4.69, 9.17) is 14.2 Å². The summed E-state index contributed by atoms with van der Waals surface area (Å²) in [6.45, 7) is 19.5. The largest absolute Gasteiger partial charge is 0.458 e. The van der Waals surface area contributed by atoms with Gasteiger partial charge in [0, 0.05) is 11.3 Å². The number of esters is 3. The molecule has 6 nitrogen and oxygen atoms in total. The van der Waals surface area contributed by atoms with Gasteiger partial charge < -0.3 is 14.2 Å². The van der Waals surface area contributed by atoms with Gasteiger partial charge in [-0.05, 0) is 50.9 Å². The minimum absolute atomic E-state index is 0.0688. The smallest absolute Gasteiger partial charge is 0.350 e. The summed E-state index contributed by atoms with van der Waals surface area (Å²) in [7, 11) is 0. The number of hydrogen-bond donors (Lipinski definition) is 0. The zero-order chi connectivity index (χ0) is 23.8. The van der Waals surface area contributed by atoms with Crippen molar-refractivity contribution in [2.45, 2.75) is 106 Å². The predicted octanol–water partition coefficient (Wildman–Crippen LogP) is 4.68. The first-order valence-corrected chi connectivity index (χ1v) is 11.5. The summed E-state index contributed by atoms with van der Waals surface area (Å²) < 4.78 is 17.3. The van der Waals surface area contributed by atoms with Gasteiger partial charge in [-0.25, -0.2) is 4.79 Å². The van der Waals surface area contributed by atoms with Crippen molar-refractivity contribution < 1.29 is 28.6 Å². The van der Waals surface area contributed by atoms with Crippen LogP contribution in [0.3, 0.4) is 0 Å². The Morgan fingerprint density at radius 2 is 1.58 bits per heavy atom. The Morgan fingerprint density at radius 1 is 1.00 bits per heavy atom. The molecule has 0 spiro atoms. The van der Waals surface area contributed by atoms with Gasteiger partial charge in [0.05, 0.1) is 11.3 Å². The average Bonchev–Trinajstić information content (AvgIpc) is 3.11. The molecule has 1 heterocycles. The first-order valence-electron chi connectivity index (χ1n) is 11.5. The molecule has 1 saturated heterocycles. The van der Waals surface area contributed by atoms with Crippen molar-refractivity contribution in [3.8, 4) is 0 Å². The van der Waals surface area contributed by atoms with Gasteiger partial charge in [0.2, 0.25) is 5.60 Å². The van der Waals surface area contributed by atoms with Crippen LogP contribution in [0.4, 0.5) is 0 Å². The van der Waals surface area contributed by atoms with Crippen LogP contribution in [0.1, 0.15) is 88.5 Å². The zero-order valence-corrected chi connectivity index (χ0v) is 20.9. The molecule has 176 valence electrons. The number of fused-ring (bicyclic) bond motifs is 1. The summed E-state index contributed by atoms with van der Waals surface area (Å²) in [5.74, 6) is -1.11. The lowest BCUT2D eigenvalue weighted by molar-refractivity contribution is -0.199. The van der Waals surface area contributed by atoms with E-state index in [9.17, 15) is 14.4 Å². The second-order valence-corrected chi connectivity index (χ2v) is 13.3. The first-order chi connectivity index (χ1) is 13.8. The summed E-state index contributed by atoms with van der Waals surface area (Å²) in [6, 6.07) is 0. The van der Waals surface area contributed by atoms with Crippen LogP contribution in [0, 0.1) is 33.5 Å². The Kier molecular flexibility index (Phi) is 5.40. The number of rotatable bonds is 5. The summed E-state index contributed by atoms with van der Waals surface area (Å²) in [6.07, 6.45) is 1.25. The maximum Gasteiger partial charge on any atom is 0.350 e. The lowest BCUT2D eigenvalue weighted by Gasteiger charge is -2.44. The Labute approximate surface area is 186 Å². The molecule has 0 aromatic heterocycles. The molecule has 0 aromatic carbocycles. The summed E-state index contributed by atoms with van der Waals surface area (Å²) in [5.41, 5.74) is -2.94. The third-order valence-electron chi connectivity index (χ3n) is 7.93. The van der Waals surface area contributed by atoms with Crippen molar-refractivity contribution in [3.05, 3.63) is 0 Å². The molecule has 31 heavy (non-hydrogen) atoms. The molecule has 1 aliphatic heterocycles. The van der Waals surface area contributed by atoms with Gasteiger partial charge in [-0.3, -0.25) is 9.59 Å². The summed E-state index contributed by atoms with van der Waals surface area (Å²) >= 11 is 0. The van der Waals surface area contributed by atoms with Crippen molar-refractivity contribution in [3.63, 3.8) is 0 Å². The SMILES string of the molecule is CC(C)(C)CC(C)(C(=O)OC(C)(C)C(=O)OC1C2OC(=O)C3CC1(C)CC32)C(C)(C)C. The molecule has 0 N–H and O–H groups in total. The molecular formula is C25H40O6. The Bertz CT molecular complexity index is 785. The fourth-order valence-electron chi connectivity index (χ4n) is 5.80. The third kappa shape index (κ3) is 4.00. The first kappa shape index (κ1) is 24.1. The van der Waals surface area contributed by atoms with Gasteiger partial charge in [-0.15, -0.1) is 0 Å². The third-order valence-corrected chi connectivity index (χ3v) is 7.93. The van der Waals surface area contributed by atoms with Gasteiger partial charge >= 0.3 is 17.9 Å². The number of carbonyl (C=O) groups is 3. The summed E-state index contributed by atoms with van der Waals surface area (Å²) in [5, 5.41) is 0. The van der Waals surface area contributed by atoms with Crippen molar-refractivity contribution >= 4 is 17.9 Å². The molecule has 2 saturated carbocycles. The van der Waals surface area contributed by atoms with E-state index >= 15 is 0 Å². The zero-order valence-electron chi connectivity index (χ0n) is 20.9. The van der Waals surface area contributed by atoms with E-state index in [1.165, 1.54) is 0 Å². The molecule has 3 rings (SSSR count). The van der Waals surface area contributed by atoms with Crippen LogP contribution in [0.2, 0.25) is 0 Å². The van der Waals surface area contributed by atoms with Crippen LogP contribution in [-0.4, -0.2) is 35.7 Å². The fourth-order valence-corrected chi connectivity index (χ4v) is 5.80. The molecule has 0 radical (unpaired) electrons. The van der Waals surface area contributed by atoms with Crippen molar-refractivity contribution in [2.24, 2.45) is 33.5 Å². The van der Waals surface area contributed by atoms with Gasteiger partial charge in [0.25, 0.3) is 0 Å². The Balaban J connectivity index is 1.75. The molecular weight excluding hydrogens is 396 g/mol. The van der Waals surface area contributed by atoms with Gasteiger partial charge in [0.1, 0.15) is 12.2 Å². The molecule has 0 amide bonds. The highest BCUT2D eigenvalue weighted by molar-refractivity contribution is 5.85. The van der Waals surface area contributed by atoms with Crippen molar-refractivity contribution in [2.75, 3.05) is 0 Å². The summed E-state index contributed by atoms with van der Waals surface area (Å²) in [4.78, 5) is 38.7. The lowest BCUT2D eigenvalue weighted by Crippen LogP contribution is -2.51. The average molecular weight is 437 g/mol. The maximum absolute atomic E-state index is 13.4. The molecule has 3 aliphatic rings. The van der Waals surface area contributed by atoms with E-state index in [1.807, 2.05) is 27.7 Å². The molecule has 6 unspecified atom stereocenters. The molecule has 0 aromatic rings. The van der Waals surface area contributed by atoms with Crippen LogP contribution in [0.5, 0.6) is 0 Å². The maximum atomic E-state index is 13.4. The van der Waals surface area contributed by atoms with Gasteiger partial charge in [-0.2, -0.15) is 0 Å². The highest BCUT2D eigenvalue weighted by atomic mass is 16.6. The van der Waals surface area contributed by atoms with Crippen molar-refractivity contribution in [1.82, 2.24) is 0 Å². The van der Waals surface area contributed by atoms with E-state index in [0.717, 1.165) is 6.42 Å². The number of carbonyl (C=O) groups excluding carboxylic acids is 3. The van der Waals surface area contributed by atoms with Crippen LogP contribution in [0.15, 0.2) is 0 Å². The van der Waals surface area contributed by atoms with Gasteiger partial charge in [0.15, 0.2) is 0 Å². The van der Waals surface area contributed by atoms with Crippen LogP contribution in [0.25, 0.3) is 0 Å². The highest BCUT2D eigenvalue weighted by Crippen LogP contribution is 2.62. The fraction of sp³-hybridized carbons (Fsp3) is 0.880. The van der Waals surface area contributed by atoms with Crippen LogP contribution >= 0.6 is 0 Å². The van der Waals surface area contributed by atoms with Gasteiger partial charge in [-0.1, -0.05) is 48.5 Å². The second kappa shape index (κ2) is 6.95. The monoisotopic (exact) mass is 436 g/mol. The standard InChI is InChI=1S/C25H40O6/c1-21(2,3)13-25(10,22(4,5)6)20(28)31-23(7,8)19(27)30-17-16-14-11-24(17,9)12-15(14)18(26)29-16/h14-17H,11-13H2,1-10H3. The second-order valence-electron chi connectivity index (χ2n) is 13.3. The van der Waals surface area contributed by atoms with E-state index in [1.54, 1.807) is 13.8 Å². The predicted molar refractivity (Wildman–Crippen MR) is 116 cm³/mol. The molecule has 6 atom stereocenters. The quantitative estimate of drug-likeness (QED) is 0.460. The van der Waals surface area contributed by atoms with E-state index in [-0.39, 0.29) is 40.2 Å². The van der Waals surface area contributed by atoms with Crippen molar-refractivity contribution in [1.29, 1.82) is 0 Å². The molecule has 6 heteroatoms. The van der Waals surface area contributed by atoms with E-state index in [0.29, 0.717) is 12.8 Å². The minimum atomic E-state index is -1.44. The Hall–Kier alpha value is -1.59. The van der Waals surface area contributed by atoms with Crippen LogP contribution in [-0.2, 0) is 28.6 Å². The molecule has 2 aliphatic carbocycles. The molecule has 2 bridgehead atoms. The number of hydrogen-bond acceptors (Lipinski definition) is 6. The number of ether oxygens (including phenoxy) is 3. The van der Waals surface area contributed by atoms with E-state index in [2.05, 4.69) is 27.7 Å². The van der Waals surface area contributed by atoms with E-state index < -0.39 is 29.1 Å². The molecule has 3 fully saturated rings. The normalized spacial score (nSPS) is 34.3. The topological polar surface area (TPSA) is 78.9 Å². The van der Waals surface area contributed by atoms with Crippen LogP contribution < -0.4 is 0 Å². The lowest BCUT2D eigenvalue weighted by atomic mass is 9.61. The Morgan fingerprint density at radius 3 is 2.10 bits per heavy atom.